The monoisotopic (exact) mass is 206 g/mol. The highest BCUT2D eigenvalue weighted by Gasteiger charge is 2.34. The normalized spacial score (nSPS) is 18.7. The van der Waals surface area contributed by atoms with E-state index >= 15 is 0 Å². The van der Waals surface area contributed by atoms with E-state index in [0.29, 0.717) is 23.5 Å². The number of fused-ring (bicyclic) bond motifs is 1. The van der Waals surface area contributed by atoms with E-state index in [0.717, 1.165) is 6.42 Å². The molecule has 1 aromatic heterocycles. The summed E-state index contributed by atoms with van der Waals surface area (Å²) in [4.78, 5) is 22.9. The topological polar surface area (TPSA) is 47.3 Å². The third-order valence-corrected chi connectivity index (χ3v) is 2.73. The Hall–Kier alpha value is -1.38. The van der Waals surface area contributed by atoms with Crippen LogP contribution in [0.1, 0.15) is 53.9 Å². The standard InChI is InChI=1S/C12H14O3/c1-7(13)10-4-8-9(14)5-12(2,3)6-11(8)15-10/h4H,5-6H2,1-3H3. The number of hydrogen-bond donors (Lipinski definition) is 0. The Kier molecular flexibility index (Phi) is 2.07. The second kappa shape index (κ2) is 3.05. The Morgan fingerprint density at radius 2 is 2.07 bits per heavy atom. The van der Waals surface area contributed by atoms with Gasteiger partial charge >= 0.3 is 0 Å². The first-order valence-electron chi connectivity index (χ1n) is 5.06. The van der Waals surface area contributed by atoms with Gasteiger partial charge in [-0.15, -0.1) is 0 Å². The SMILES string of the molecule is CC(=O)c1cc2c(o1)CC(C)(C)CC2=O. The molecule has 0 atom stereocenters. The molecule has 2 rings (SSSR count). The van der Waals surface area contributed by atoms with Gasteiger partial charge in [-0.2, -0.15) is 0 Å². The Morgan fingerprint density at radius 1 is 1.40 bits per heavy atom. The average Bonchev–Trinajstić information content (AvgIpc) is 2.45. The second-order valence-electron chi connectivity index (χ2n) is 4.94. The molecule has 15 heavy (non-hydrogen) atoms. The van der Waals surface area contributed by atoms with Crippen molar-refractivity contribution in [1.29, 1.82) is 0 Å². The molecule has 0 amide bonds. The highest BCUT2D eigenvalue weighted by molar-refractivity contribution is 6.01. The maximum atomic E-state index is 11.8. The highest BCUT2D eigenvalue weighted by Crippen LogP contribution is 2.36. The van der Waals surface area contributed by atoms with Gasteiger partial charge in [0.2, 0.25) is 0 Å². The van der Waals surface area contributed by atoms with E-state index in [1.807, 2.05) is 13.8 Å². The van der Waals surface area contributed by atoms with E-state index in [2.05, 4.69) is 0 Å². The molecule has 0 bridgehead atoms. The van der Waals surface area contributed by atoms with Crippen molar-refractivity contribution in [3.8, 4) is 0 Å². The summed E-state index contributed by atoms with van der Waals surface area (Å²) in [6, 6.07) is 1.58. The van der Waals surface area contributed by atoms with E-state index < -0.39 is 0 Å². The summed E-state index contributed by atoms with van der Waals surface area (Å²) in [6.07, 6.45) is 1.25. The van der Waals surface area contributed by atoms with Gasteiger partial charge < -0.3 is 4.42 Å². The first-order chi connectivity index (χ1) is 6.89. The Balaban J connectivity index is 2.47. The zero-order chi connectivity index (χ0) is 11.2. The molecular weight excluding hydrogens is 192 g/mol. The summed E-state index contributed by atoms with van der Waals surface area (Å²) < 4.78 is 5.40. The minimum atomic E-state index is -0.130. The molecule has 1 aliphatic rings. The minimum Gasteiger partial charge on any atom is -0.457 e. The lowest BCUT2D eigenvalue weighted by atomic mass is 9.77. The average molecular weight is 206 g/mol. The van der Waals surface area contributed by atoms with Crippen molar-refractivity contribution in [2.45, 2.75) is 33.6 Å². The van der Waals surface area contributed by atoms with Gasteiger partial charge in [-0.05, 0) is 11.5 Å². The lowest BCUT2D eigenvalue weighted by Gasteiger charge is -2.26. The Labute approximate surface area is 88.5 Å². The van der Waals surface area contributed by atoms with Crippen LogP contribution in [0.3, 0.4) is 0 Å². The maximum absolute atomic E-state index is 11.8. The summed E-state index contributed by atoms with van der Waals surface area (Å²) in [5.74, 6) is 0.917. The fourth-order valence-corrected chi connectivity index (χ4v) is 2.00. The summed E-state index contributed by atoms with van der Waals surface area (Å²) in [7, 11) is 0. The van der Waals surface area contributed by atoms with Crippen molar-refractivity contribution >= 4 is 11.6 Å². The van der Waals surface area contributed by atoms with E-state index in [4.69, 9.17) is 4.42 Å². The van der Waals surface area contributed by atoms with E-state index in [-0.39, 0.29) is 17.0 Å². The van der Waals surface area contributed by atoms with Crippen molar-refractivity contribution in [3.63, 3.8) is 0 Å². The molecule has 0 aromatic carbocycles. The molecule has 1 heterocycles. The van der Waals surface area contributed by atoms with Crippen LogP contribution in [0, 0.1) is 5.41 Å². The van der Waals surface area contributed by atoms with E-state index in [1.165, 1.54) is 6.92 Å². The summed E-state index contributed by atoms with van der Waals surface area (Å²) in [6.45, 7) is 5.51. The molecule has 1 aromatic rings. The van der Waals surface area contributed by atoms with Crippen LogP contribution < -0.4 is 0 Å². The summed E-state index contributed by atoms with van der Waals surface area (Å²) in [5.41, 5.74) is 0.537. The molecule has 0 saturated heterocycles. The second-order valence-corrected chi connectivity index (χ2v) is 4.94. The van der Waals surface area contributed by atoms with Crippen LogP contribution >= 0.6 is 0 Å². The van der Waals surface area contributed by atoms with Crippen molar-refractivity contribution in [3.05, 3.63) is 23.2 Å². The molecule has 0 aliphatic heterocycles. The molecule has 3 heteroatoms. The van der Waals surface area contributed by atoms with Gasteiger partial charge in [0.05, 0.1) is 5.56 Å². The fourth-order valence-electron chi connectivity index (χ4n) is 2.00. The molecule has 3 nitrogen and oxygen atoms in total. The van der Waals surface area contributed by atoms with Gasteiger partial charge in [-0.1, -0.05) is 13.8 Å². The first-order valence-corrected chi connectivity index (χ1v) is 5.06. The van der Waals surface area contributed by atoms with Crippen LogP contribution in [0.2, 0.25) is 0 Å². The number of carbonyl (C=O) groups is 2. The third-order valence-electron chi connectivity index (χ3n) is 2.73. The lowest BCUT2D eigenvalue weighted by Crippen LogP contribution is -2.25. The first kappa shape index (κ1) is 10.1. The number of carbonyl (C=O) groups excluding carboxylic acids is 2. The van der Waals surface area contributed by atoms with Gasteiger partial charge in [0, 0.05) is 19.8 Å². The molecular formula is C12H14O3. The van der Waals surface area contributed by atoms with E-state index in [9.17, 15) is 9.59 Å². The van der Waals surface area contributed by atoms with Crippen LogP contribution in [0.15, 0.2) is 10.5 Å². The molecule has 0 fully saturated rings. The Bertz CT molecular complexity index is 438. The highest BCUT2D eigenvalue weighted by atomic mass is 16.3. The number of hydrogen-bond acceptors (Lipinski definition) is 3. The van der Waals surface area contributed by atoms with Gasteiger partial charge in [0.25, 0.3) is 0 Å². The van der Waals surface area contributed by atoms with E-state index in [1.54, 1.807) is 6.07 Å². The molecule has 0 spiro atoms. The van der Waals surface area contributed by atoms with Crippen molar-refractivity contribution < 1.29 is 14.0 Å². The molecule has 0 radical (unpaired) electrons. The van der Waals surface area contributed by atoms with Crippen molar-refractivity contribution in [2.75, 3.05) is 0 Å². The molecule has 1 aliphatic carbocycles. The predicted octanol–water partition coefficient (Wildman–Crippen LogP) is 2.64. The Morgan fingerprint density at radius 3 is 2.67 bits per heavy atom. The quantitative estimate of drug-likeness (QED) is 0.663. The number of Topliss-reactive ketones (excluding diaryl/α,β-unsaturated/α-hetero) is 2. The molecule has 80 valence electrons. The van der Waals surface area contributed by atoms with Gasteiger partial charge in [0.1, 0.15) is 5.76 Å². The fraction of sp³-hybridized carbons (Fsp3) is 0.500. The van der Waals surface area contributed by atoms with Crippen molar-refractivity contribution in [2.24, 2.45) is 5.41 Å². The number of rotatable bonds is 1. The van der Waals surface area contributed by atoms with Crippen LogP contribution in [-0.2, 0) is 6.42 Å². The number of ketones is 2. The van der Waals surface area contributed by atoms with Crippen LogP contribution in [0.25, 0.3) is 0 Å². The molecule has 0 N–H and O–H groups in total. The smallest absolute Gasteiger partial charge is 0.194 e. The van der Waals surface area contributed by atoms with Crippen LogP contribution in [-0.4, -0.2) is 11.6 Å². The lowest BCUT2D eigenvalue weighted by molar-refractivity contribution is 0.0898. The third kappa shape index (κ3) is 1.74. The van der Waals surface area contributed by atoms with Gasteiger partial charge in [-0.25, -0.2) is 0 Å². The number of furan rings is 1. The van der Waals surface area contributed by atoms with Gasteiger partial charge in [-0.3, -0.25) is 9.59 Å². The largest absolute Gasteiger partial charge is 0.457 e. The zero-order valence-corrected chi connectivity index (χ0v) is 9.22. The minimum absolute atomic E-state index is 0.0595. The van der Waals surface area contributed by atoms with Crippen molar-refractivity contribution in [1.82, 2.24) is 0 Å². The maximum Gasteiger partial charge on any atom is 0.194 e. The van der Waals surface area contributed by atoms with Gasteiger partial charge in [0.15, 0.2) is 17.3 Å². The summed E-state index contributed by atoms with van der Waals surface area (Å²) >= 11 is 0. The summed E-state index contributed by atoms with van der Waals surface area (Å²) in [5, 5.41) is 0. The predicted molar refractivity (Wildman–Crippen MR) is 55.1 cm³/mol. The molecule has 0 saturated carbocycles. The molecule has 0 unspecified atom stereocenters. The zero-order valence-electron chi connectivity index (χ0n) is 9.22. The van der Waals surface area contributed by atoms with Crippen LogP contribution in [0.4, 0.5) is 0 Å². The van der Waals surface area contributed by atoms with Crippen LogP contribution in [0.5, 0.6) is 0 Å².